The number of amides is 1. The van der Waals surface area contributed by atoms with E-state index in [4.69, 9.17) is 0 Å². The number of fused-ring (bicyclic) bond motifs is 1. The lowest BCUT2D eigenvalue weighted by Gasteiger charge is -2.02. The number of rotatable bonds is 4. The summed E-state index contributed by atoms with van der Waals surface area (Å²) < 4.78 is 0. The normalized spacial score (nSPS) is 21.2. The van der Waals surface area contributed by atoms with Crippen LogP contribution in [0.3, 0.4) is 0 Å². The molecule has 2 heterocycles. The summed E-state index contributed by atoms with van der Waals surface area (Å²) in [4.78, 5) is 35.6. The SMILES string of the molecule is CC1(C)[C@H](C(=O)O)[C@H]1C(=O)Nc1nc(-c2nc3ccccc3[nH]2)cs1. The molecule has 1 fully saturated rings. The van der Waals surface area contributed by atoms with E-state index < -0.39 is 23.2 Å². The zero-order chi connectivity index (χ0) is 17.8. The molecule has 1 aliphatic carbocycles. The second-order valence-electron chi connectivity index (χ2n) is 6.74. The summed E-state index contributed by atoms with van der Waals surface area (Å²) in [5.74, 6) is -1.80. The van der Waals surface area contributed by atoms with Crippen LogP contribution >= 0.6 is 11.3 Å². The number of carboxylic acids is 1. The molecule has 8 heteroatoms. The molecule has 7 nitrogen and oxygen atoms in total. The van der Waals surface area contributed by atoms with Crippen molar-refractivity contribution >= 4 is 39.4 Å². The highest BCUT2D eigenvalue weighted by Gasteiger charge is 2.66. The summed E-state index contributed by atoms with van der Waals surface area (Å²) >= 11 is 1.29. The smallest absolute Gasteiger partial charge is 0.307 e. The van der Waals surface area contributed by atoms with Crippen LogP contribution in [0.1, 0.15) is 13.8 Å². The van der Waals surface area contributed by atoms with Crippen LogP contribution in [0.15, 0.2) is 29.6 Å². The first-order valence-electron chi connectivity index (χ1n) is 7.82. The lowest BCUT2D eigenvalue weighted by Crippen LogP contribution is -2.17. The molecule has 0 saturated heterocycles. The number of imidazole rings is 1. The predicted molar refractivity (Wildman–Crippen MR) is 94.2 cm³/mol. The van der Waals surface area contributed by atoms with Gasteiger partial charge in [0.15, 0.2) is 11.0 Å². The summed E-state index contributed by atoms with van der Waals surface area (Å²) in [6.45, 7) is 3.58. The lowest BCUT2D eigenvalue weighted by molar-refractivity contribution is -0.140. The monoisotopic (exact) mass is 356 g/mol. The van der Waals surface area contributed by atoms with Gasteiger partial charge in [0.25, 0.3) is 0 Å². The van der Waals surface area contributed by atoms with E-state index in [-0.39, 0.29) is 5.91 Å². The standard InChI is InChI=1S/C17H16N4O3S/c1-17(2)11(12(17)15(23)24)14(22)21-16-20-10(7-25-16)13-18-8-5-3-4-6-9(8)19-13/h3-7,11-12H,1-2H3,(H,18,19)(H,23,24)(H,20,21,22)/t11-,12-/m0/s1. The summed E-state index contributed by atoms with van der Waals surface area (Å²) in [6.07, 6.45) is 0. The van der Waals surface area contributed by atoms with Gasteiger partial charge in [-0.3, -0.25) is 9.59 Å². The van der Waals surface area contributed by atoms with Crippen molar-refractivity contribution in [3.63, 3.8) is 0 Å². The molecule has 1 aromatic carbocycles. The van der Waals surface area contributed by atoms with Crippen LogP contribution in [0, 0.1) is 17.3 Å². The van der Waals surface area contributed by atoms with Gasteiger partial charge in [-0.1, -0.05) is 26.0 Å². The maximum absolute atomic E-state index is 12.4. The van der Waals surface area contributed by atoms with Gasteiger partial charge in [0.2, 0.25) is 5.91 Å². The molecule has 0 bridgehead atoms. The van der Waals surface area contributed by atoms with E-state index in [9.17, 15) is 14.7 Å². The van der Waals surface area contributed by atoms with Gasteiger partial charge in [-0.2, -0.15) is 0 Å². The van der Waals surface area contributed by atoms with Crippen LogP contribution < -0.4 is 5.32 Å². The second-order valence-corrected chi connectivity index (χ2v) is 7.60. The number of carboxylic acid groups (broad SMARTS) is 1. The molecule has 1 amide bonds. The van der Waals surface area contributed by atoms with Gasteiger partial charge in [-0.05, 0) is 17.5 Å². The Kier molecular flexibility index (Phi) is 3.40. The molecular formula is C17H16N4O3S. The van der Waals surface area contributed by atoms with E-state index in [1.165, 1.54) is 11.3 Å². The van der Waals surface area contributed by atoms with Crippen LogP contribution in [0.4, 0.5) is 5.13 Å². The number of aromatic nitrogens is 3. The van der Waals surface area contributed by atoms with Crippen molar-refractivity contribution in [3.05, 3.63) is 29.6 Å². The van der Waals surface area contributed by atoms with Crippen LogP contribution in [-0.4, -0.2) is 31.9 Å². The van der Waals surface area contributed by atoms with Crippen molar-refractivity contribution < 1.29 is 14.7 Å². The van der Waals surface area contributed by atoms with Crippen molar-refractivity contribution in [2.45, 2.75) is 13.8 Å². The summed E-state index contributed by atoms with van der Waals surface area (Å²) in [7, 11) is 0. The number of carbonyl (C=O) groups is 2. The fourth-order valence-corrected chi connectivity index (χ4v) is 3.98. The number of hydrogen-bond donors (Lipinski definition) is 3. The lowest BCUT2D eigenvalue weighted by atomic mass is 10.1. The quantitative estimate of drug-likeness (QED) is 0.666. The fourth-order valence-electron chi connectivity index (χ4n) is 3.29. The average molecular weight is 356 g/mol. The molecule has 3 aromatic rings. The van der Waals surface area contributed by atoms with Crippen LogP contribution in [-0.2, 0) is 9.59 Å². The van der Waals surface area contributed by atoms with E-state index in [0.29, 0.717) is 16.6 Å². The Morgan fingerprint density at radius 2 is 2.00 bits per heavy atom. The molecular weight excluding hydrogens is 340 g/mol. The Labute approximate surface area is 147 Å². The minimum atomic E-state index is -0.938. The third kappa shape index (κ3) is 2.58. The molecule has 25 heavy (non-hydrogen) atoms. The number of nitrogens with zero attached hydrogens (tertiary/aromatic N) is 2. The minimum Gasteiger partial charge on any atom is -0.481 e. The first-order chi connectivity index (χ1) is 11.9. The second kappa shape index (κ2) is 5.38. The molecule has 0 aliphatic heterocycles. The zero-order valence-electron chi connectivity index (χ0n) is 13.6. The van der Waals surface area contributed by atoms with Crippen molar-refractivity contribution in [3.8, 4) is 11.5 Å². The van der Waals surface area contributed by atoms with Gasteiger partial charge in [-0.15, -0.1) is 11.3 Å². The Morgan fingerprint density at radius 1 is 1.24 bits per heavy atom. The topological polar surface area (TPSA) is 108 Å². The number of benzene rings is 1. The first-order valence-corrected chi connectivity index (χ1v) is 8.70. The minimum absolute atomic E-state index is 0.303. The Hall–Kier alpha value is -2.74. The molecule has 0 unspecified atom stereocenters. The van der Waals surface area contributed by atoms with Crippen LogP contribution in [0.25, 0.3) is 22.6 Å². The Morgan fingerprint density at radius 3 is 2.68 bits per heavy atom. The maximum Gasteiger partial charge on any atom is 0.307 e. The summed E-state index contributed by atoms with van der Waals surface area (Å²) in [6, 6.07) is 7.68. The van der Waals surface area contributed by atoms with E-state index in [1.807, 2.05) is 24.3 Å². The molecule has 0 radical (unpaired) electrons. The number of H-pyrrole nitrogens is 1. The van der Waals surface area contributed by atoms with Crippen molar-refractivity contribution in [2.75, 3.05) is 5.32 Å². The van der Waals surface area contributed by atoms with E-state index in [0.717, 1.165) is 11.0 Å². The van der Waals surface area contributed by atoms with Gasteiger partial charge in [0.05, 0.1) is 22.9 Å². The number of thiazole rings is 1. The molecule has 2 atom stereocenters. The van der Waals surface area contributed by atoms with Gasteiger partial charge in [0, 0.05) is 5.38 Å². The Bertz CT molecular complexity index is 958. The van der Waals surface area contributed by atoms with E-state index in [2.05, 4.69) is 20.3 Å². The highest BCUT2D eigenvalue weighted by molar-refractivity contribution is 7.14. The Balaban J connectivity index is 1.52. The predicted octanol–water partition coefficient (Wildman–Crippen LogP) is 2.98. The van der Waals surface area contributed by atoms with Gasteiger partial charge in [0.1, 0.15) is 5.69 Å². The number of aliphatic carboxylic acids is 1. The van der Waals surface area contributed by atoms with Crippen LogP contribution in [0.5, 0.6) is 0 Å². The third-order valence-electron chi connectivity index (χ3n) is 4.74. The molecule has 2 aromatic heterocycles. The number of anilines is 1. The number of nitrogens with one attached hydrogen (secondary N) is 2. The zero-order valence-corrected chi connectivity index (χ0v) is 14.4. The van der Waals surface area contributed by atoms with Crippen molar-refractivity contribution in [2.24, 2.45) is 17.3 Å². The van der Waals surface area contributed by atoms with Gasteiger partial charge in [-0.25, -0.2) is 9.97 Å². The van der Waals surface area contributed by atoms with E-state index >= 15 is 0 Å². The van der Waals surface area contributed by atoms with E-state index in [1.54, 1.807) is 19.2 Å². The van der Waals surface area contributed by atoms with Gasteiger partial charge < -0.3 is 15.4 Å². The highest BCUT2D eigenvalue weighted by Crippen LogP contribution is 2.58. The summed E-state index contributed by atoms with van der Waals surface area (Å²) in [5, 5.41) is 14.2. The largest absolute Gasteiger partial charge is 0.481 e. The summed E-state index contributed by atoms with van der Waals surface area (Å²) in [5.41, 5.74) is 1.87. The number of aromatic amines is 1. The van der Waals surface area contributed by atoms with Gasteiger partial charge >= 0.3 is 5.97 Å². The molecule has 3 N–H and O–H groups in total. The fraction of sp³-hybridized carbons (Fsp3) is 0.294. The van der Waals surface area contributed by atoms with Crippen molar-refractivity contribution in [1.82, 2.24) is 15.0 Å². The number of hydrogen-bond acceptors (Lipinski definition) is 5. The maximum atomic E-state index is 12.4. The first kappa shape index (κ1) is 15.8. The number of para-hydroxylation sites is 2. The average Bonchev–Trinajstić information content (AvgIpc) is 2.93. The van der Waals surface area contributed by atoms with Crippen molar-refractivity contribution in [1.29, 1.82) is 0 Å². The van der Waals surface area contributed by atoms with Crippen LogP contribution in [0.2, 0.25) is 0 Å². The number of carbonyl (C=O) groups excluding carboxylic acids is 1. The highest BCUT2D eigenvalue weighted by atomic mass is 32.1. The molecule has 0 spiro atoms. The third-order valence-corrected chi connectivity index (χ3v) is 5.50. The molecule has 1 saturated carbocycles. The molecule has 128 valence electrons. The molecule has 1 aliphatic rings. The molecule has 4 rings (SSSR count).